The van der Waals surface area contributed by atoms with Gasteiger partial charge in [0.15, 0.2) is 5.96 Å². The Bertz CT molecular complexity index is 311. The summed E-state index contributed by atoms with van der Waals surface area (Å²) in [5, 5.41) is 3.43. The molecule has 2 unspecified atom stereocenters. The van der Waals surface area contributed by atoms with Gasteiger partial charge in [-0.2, -0.15) is 0 Å². The minimum Gasteiger partial charge on any atom is -0.379 e. The van der Waals surface area contributed by atoms with Crippen LogP contribution in [0, 0.1) is 17.8 Å². The Labute approximate surface area is 147 Å². The minimum absolute atomic E-state index is 0. The first-order valence-corrected chi connectivity index (χ1v) is 8.30. The number of aliphatic imine (C=N–C) groups is 1. The van der Waals surface area contributed by atoms with Crippen LogP contribution in [-0.4, -0.2) is 50.3 Å². The van der Waals surface area contributed by atoms with Gasteiger partial charge in [-0.05, 0) is 43.9 Å². The van der Waals surface area contributed by atoms with Gasteiger partial charge in [0.1, 0.15) is 0 Å². The lowest BCUT2D eigenvalue weighted by Gasteiger charge is -2.37. The molecule has 0 radical (unpaired) electrons. The Kier molecular flexibility index (Phi) is 8.94. The van der Waals surface area contributed by atoms with E-state index in [9.17, 15) is 0 Å². The van der Waals surface area contributed by atoms with Crippen LogP contribution in [0.3, 0.4) is 0 Å². The highest BCUT2D eigenvalue weighted by Crippen LogP contribution is 2.28. The van der Waals surface area contributed by atoms with Gasteiger partial charge in [-0.1, -0.05) is 13.8 Å². The van der Waals surface area contributed by atoms with Crippen molar-refractivity contribution in [1.29, 1.82) is 0 Å². The van der Waals surface area contributed by atoms with E-state index < -0.39 is 0 Å². The molecule has 0 amide bonds. The quantitative estimate of drug-likeness (QED) is 0.317. The molecule has 0 spiro atoms. The first-order valence-electron chi connectivity index (χ1n) is 8.30. The molecule has 0 bridgehead atoms. The van der Waals surface area contributed by atoms with Crippen LogP contribution in [0.2, 0.25) is 0 Å². The first-order chi connectivity index (χ1) is 9.69. The summed E-state index contributed by atoms with van der Waals surface area (Å²) in [6, 6.07) is 0. The van der Waals surface area contributed by atoms with Crippen molar-refractivity contribution in [3.63, 3.8) is 0 Å². The van der Waals surface area contributed by atoms with Crippen molar-refractivity contribution < 1.29 is 4.74 Å². The number of hydrogen-bond donors (Lipinski definition) is 1. The van der Waals surface area contributed by atoms with E-state index in [2.05, 4.69) is 31.0 Å². The molecule has 2 aliphatic rings. The van der Waals surface area contributed by atoms with Gasteiger partial charge in [0.05, 0.1) is 13.2 Å². The van der Waals surface area contributed by atoms with Crippen molar-refractivity contribution in [2.24, 2.45) is 22.7 Å². The van der Waals surface area contributed by atoms with Gasteiger partial charge >= 0.3 is 0 Å². The summed E-state index contributed by atoms with van der Waals surface area (Å²) in [7, 11) is 0. The van der Waals surface area contributed by atoms with Crippen molar-refractivity contribution in [1.82, 2.24) is 10.2 Å². The minimum atomic E-state index is 0. The summed E-state index contributed by atoms with van der Waals surface area (Å²) in [5.74, 6) is 3.43. The molecule has 1 aliphatic carbocycles. The summed E-state index contributed by atoms with van der Waals surface area (Å²) in [6.07, 6.45) is 4.05. The lowest BCUT2D eigenvalue weighted by molar-refractivity contribution is 0.131. The molecule has 2 atom stereocenters. The van der Waals surface area contributed by atoms with Crippen molar-refractivity contribution in [2.45, 2.75) is 40.0 Å². The third-order valence-corrected chi connectivity index (χ3v) is 4.05. The summed E-state index contributed by atoms with van der Waals surface area (Å²) in [4.78, 5) is 7.15. The highest BCUT2D eigenvalue weighted by atomic mass is 127. The lowest BCUT2D eigenvalue weighted by atomic mass is 9.92. The van der Waals surface area contributed by atoms with Gasteiger partial charge in [0, 0.05) is 26.2 Å². The number of nitrogens with zero attached hydrogens (tertiary/aromatic N) is 2. The van der Waals surface area contributed by atoms with E-state index in [1.807, 2.05) is 0 Å². The molecule has 21 heavy (non-hydrogen) atoms. The van der Waals surface area contributed by atoms with Crippen molar-refractivity contribution in [3.8, 4) is 0 Å². The fourth-order valence-corrected chi connectivity index (χ4v) is 3.01. The molecule has 1 saturated carbocycles. The fourth-order valence-electron chi connectivity index (χ4n) is 3.01. The maximum absolute atomic E-state index is 5.66. The molecule has 1 saturated heterocycles. The van der Waals surface area contributed by atoms with E-state index in [-0.39, 0.29) is 24.0 Å². The number of halogens is 1. The molecule has 0 aromatic rings. The monoisotopic (exact) mass is 409 g/mol. The molecule has 5 heteroatoms. The summed E-state index contributed by atoms with van der Waals surface area (Å²) < 4.78 is 5.66. The molecule has 4 nitrogen and oxygen atoms in total. The maximum Gasteiger partial charge on any atom is 0.194 e. The molecule has 0 aromatic carbocycles. The summed E-state index contributed by atoms with van der Waals surface area (Å²) in [6.45, 7) is 12.5. The first kappa shape index (κ1) is 19.0. The van der Waals surface area contributed by atoms with Gasteiger partial charge in [-0.25, -0.2) is 0 Å². The highest BCUT2D eigenvalue weighted by Gasteiger charge is 2.24. The molecular formula is C16H32IN3O. The van der Waals surface area contributed by atoms with E-state index in [1.54, 1.807) is 0 Å². The smallest absolute Gasteiger partial charge is 0.194 e. The Morgan fingerprint density at radius 2 is 1.90 bits per heavy atom. The van der Waals surface area contributed by atoms with Crippen LogP contribution >= 0.6 is 24.0 Å². The van der Waals surface area contributed by atoms with E-state index in [1.165, 1.54) is 19.3 Å². The SMILES string of the molecule is CCNC(=NCCOCC1CC1)N1CC(C)CC(C)C1.I. The van der Waals surface area contributed by atoms with Crippen LogP contribution in [0.5, 0.6) is 0 Å². The fraction of sp³-hybridized carbons (Fsp3) is 0.938. The lowest BCUT2D eigenvalue weighted by Crippen LogP contribution is -2.48. The molecule has 1 aliphatic heterocycles. The predicted molar refractivity (Wildman–Crippen MR) is 99.5 cm³/mol. The Hall–Kier alpha value is -0.0400. The van der Waals surface area contributed by atoms with Gasteiger partial charge in [-0.15, -0.1) is 24.0 Å². The average Bonchev–Trinajstić information content (AvgIpc) is 3.20. The van der Waals surface area contributed by atoms with Gasteiger partial charge < -0.3 is 15.0 Å². The molecule has 124 valence electrons. The number of hydrogen-bond acceptors (Lipinski definition) is 2. The molecule has 1 heterocycles. The number of piperidine rings is 1. The predicted octanol–water partition coefficient (Wildman–Crippen LogP) is 2.97. The standard InChI is InChI=1S/C16H31N3O.HI/c1-4-17-16(18-7-8-20-12-15-5-6-15)19-10-13(2)9-14(3)11-19;/h13-15H,4-12H2,1-3H3,(H,17,18);1H. The van der Waals surface area contributed by atoms with Crippen LogP contribution in [0.4, 0.5) is 0 Å². The number of guanidine groups is 1. The van der Waals surface area contributed by atoms with Crippen LogP contribution < -0.4 is 5.32 Å². The number of likely N-dealkylation sites (tertiary alicyclic amines) is 1. The normalized spacial score (nSPS) is 26.4. The Balaban J connectivity index is 0.00000220. The van der Waals surface area contributed by atoms with Gasteiger partial charge in [0.25, 0.3) is 0 Å². The third-order valence-electron chi connectivity index (χ3n) is 4.05. The molecule has 2 fully saturated rings. The molecule has 0 aromatic heterocycles. The number of ether oxygens (including phenoxy) is 1. The second-order valence-electron chi connectivity index (χ2n) is 6.60. The second-order valence-corrected chi connectivity index (χ2v) is 6.60. The average molecular weight is 409 g/mol. The van der Waals surface area contributed by atoms with Crippen LogP contribution in [-0.2, 0) is 4.74 Å². The van der Waals surface area contributed by atoms with Crippen molar-refractivity contribution in [3.05, 3.63) is 0 Å². The van der Waals surface area contributed by atoms with E-state index in [0.29, 0.717) is 0 Å². The van der Waals surface area contributed by atoms with Crippen LogP contribution in [0.15, 0.2) is 4.99 Å². The molecule has 2 rings (SSSR count). The topological polar surface area (TPSA) is 36.9 Å². The van der Waals surface area contributed by atoms with Crippen LogP contribution in [0.25, 0.3) is 0 Å². The zero-order chi connectivity index (χ0) is 14.4. The van der Waals surface area contributed by atoms with Gasteiger partial charge in [0.2, 0.25) is 0 Å². The third kappa shape index (κ3) is 7.17. The largest absolute Gasteiger partial charge is 0.379 e. The summed E-state index contributed by atoms with van der Waals surface area (Å²) >= 11 is 0. The van der Waals surface area contributed by atoms with Crippen LogP contribution in [0.1, 0.15) is 40.0 Å². The van der Waals surface area contributed by atoms with Gasteiger partial charge in [-0.3, -0.25) is 4.99 Å². The van der Waals surface area contributed by atoms with E-state index in [0.717, 1.165) is 63.1 Å². The highest BCUT2D eigenvalue weighted by molar-refractivity contribution is 14.0. The zero-order valence-electron chi connectivity index (χ0n) is 13.8. The number of nitrogens with one attached hydrogen (secondary N) is 1. The maximum atomic E-state index is 5.66. The number of rotatable bonds is 6. The van der Waals surface area contributed by atoms with Crippen molar-refractivity contribution in [2.75, 3.05) is 39.4 Å². The summed E-state index contributed by atoms with van der Waals surface area (Å²) in [5.41, 5.74) is 0. The Morgan fingerprint density at radius 1 is 1.24 bits per heavy atom. The molecule has 1 N–H and O–H groups in total. The Morgan fingerprint density at radius 3 is 2.48 bits per heavy atom. The van der Waals surface area contributed by atoms with E-state index in [4.69, 9.17) is 9.73 Å². The second kappa shape index (κ2) is 9.87. The van der Waals surface area contributed by atoms with Crippen molar-refractivity contribution >= 4 is 29.9 Å². The zero-order valence-corrected chi connectivity index (χ0v) is 16.1. The molecular weight excluding hydrogens is 377 g/mol. The van der Waals surface area contributed by atoms with E-state index >= 15 is 0 Å².